The van der Waals surface area contributed by atoms with Gasteiger partial charge in [0.05, 0.1) is 18.4 Å². The third-order valence-electron chi connectivity index (χ3n) is 4.59. The van der Waals surface area contributed by atoms with Crippen molar-refractivity contribution < 1.29 is 19.1 Å². The molecule has 0 aliphatic rings. The molecule has 0 radical (unpaired) electrons. The Morgan fingerprint density at radius 1 is 1.13 bits per heavy atom. The molecule has 2 aromatic heterocycles. The molecule has 9 nitrogen and oxygen atoms in total. The van der Waals surface area contributed by atoms with Crippen LogP contribution in [0.2, 0.25) is 0 Å². The fourth-order valence-electron chi connectivity index (χ4n) is 3.08. The predicted molar refractivity (Wildman–Crippen MR) is 116 cm³/mol. The Hall–Kier alpha value is -3.79. The molecule has 0 bridgehead atoms. The average molecular weight is 437 g/mol. The summed E-state index contributed by atoms with van der Waals surface area (Å²) in [7, 11) is 1.55. The van der Waals surface area contributed by atoms with Crippen molar-refractivity contribution in [2.24, 2.45) is 0 Å². The second kappa shape index (κ2) is 8.92. The number of nitrogen functional groups attached to an aromatic ring is 1. The molecule has 158 valence electrons. The van der Waals surface area contributed by atoms with Crippen LogP contribution in [0.15, 0.2) is 59.9 Å². The summed E-state index contributed by atoms with van der Waals surface area (Å²) in [6, 6.07) is 14.7. The van der Waals surface area contributed by atoms with Crippen LogP contribution in [0.1, 0.15) is 10.4 Å². The van der Waals surface area contributed by atoms with Crippen LogP contribution in [0, 0.1) is 0 Å². The number of aromatic amines is 1. The van der Waals surface area contributed by atoms with Gasteiger partial charge in [-0.05, 0) is 18.2 Å². The number of aromatic nitrogens is 4. The number of Topliss-reactive ketones (excluding diaryl/α,β-unsaturated/α-hetero) is 1. The molecule has 10 heteroatoms. The lowest BCUT2D eigenvalue weighted by molar-refractivity contribution is -0.139. The van der Waals surface area contributed by atoms with Crippen molar-refractivity contribution in [2.45, 2.75) is 5.16 Å². The van der Waals surface area contributed by atoms with Gasteiger partial charge >= 0.3 is 5.97 Å². The number of nitrogens with zero attached hydrogens (tertiary/aromatic N) is 3. The number of rotatable bonds is 8. The molecule has 4 rings (SSSR count). The second-order valence-electron chi connectivity index (χ2n) is 6.50. The summed E-state index contributed by atoms with van der Waals surface area (Å²) in [5.74, 6) is 6.20. The van der Waals surface area contributed by atoms with Gasteiger partial charge in [-0.1, -0.05) is 42.1 Å². The van der Waals surface area contributed by atoms with Crippen molar-refractivity contribution in [1.82, 2.24) is 19.9 Å². The van der Waals surface area contributed by atoms with Gasteiger partial charge in [0.25, 0.3) is 0 Å². The van der Waals surface area contributed by atoms with Gasteiger partial charge in [-0.3, -0.25) is 9.59 Å². The van der Waals surface area contributed by atoms with Crippen molar-refractivity contribution in [3.63, 3.8) is 0 Å². The molecule has 4 aromatic rings. The number of hydrogen-bond donors (Lipinski definition) is 2. The molecule has 0 aliphatic heterocycles. The van der Waals surface area contributed by atoms with Gasteiger partial charge in [-0.2, -0.15) is 0 Å². The number of nitrogens with one attached hydrogen (secondary N) is 1. The van der Waals surface area contributed by atoms with Crippen molar-refractivity contribution in [1.29, 1.82) is 0 Å². The van der Waals surface area contributed by atoms with E-state index in [9.17, 15) is 9.59 Å². The van der Waals surface area contributed by atoms with Crippen molar-refractivity contribution in [2.75, 3.05) is 25.3 Å². The van der Waals surface area contributed by atoms with Gasteiger partial charge in [-0.15, -0.1) is 10.2 Å². The minimum Gasteiger partial charge on any atom is -0.496 e. The first-order chi connectivity index (χ1) is 15.1. The van der Waals surface area contributed by atoms with E-state index in [1.54, 1.807) is 19.4 Å². The van der Waals surface area contributed by atoms with E-state index in [0.717, 1.165) is 22.7 Å². The van der Waals surface area contributed by atoms with Crippen LogP contribution in [-0.2, 0) is 9.53 Å². The lowest BCUT2D eigenvalue weighted by atomic mass is 10.1. The zero-order chi connectivity index (χ0) is 21.8. The lowest BCUT2D eigenvalue weighted by Gasteiger charge is -2.08. The number of thioether (sulfide) groups is 1. The number of methoxy groups -OCH3 is 1. The van der Waals surface area contributed by atoms with Crippen LogP contribution in [0.5, 0.6) is 5.75 Å². The van der Waals surface area contributed by atoms with Gasteiger partial charge in [0.2, 0.25) is 10.9 Å². The van der Waals surface area contributed by atoms with Crippen LogP contribution in [0.4, 0.5) is 0 Å². The highest BCUT2D eigenvalue weighted by Crippen LogP contribution is 2.29. The molecule has 0 aliphatic carbocycles. The molecule has 31 heavy (non-hydrogen) atoms. The third kappa shape index (κ3) is 4.24. The highest BCUT2D eigenvalue weighted by atomic mass is 32.2. The van der Waals surface area contributed by atoms with E-state index in [1.807, 2.05) is 42.5 Å². The van der Waals surface area contributed by atoms with Gasteiger partial charge in [-0.25, -0.2) is 4.68 Å². The molecule has 0 saturated carbocycles. The monoisotopic (exact) mass is 437 g/mol. The second-order valence-corrected chi connectivity index (χ2v) is 7.44. The van der Waals surface area contributed by atoms with E-state index in [-0.39, 0.29) is 18.1 Å². The number of ether oxygens (including phenoxy) is 2. The molecule has 0 fully saturated rings. The number of para-hydroxylation sites is 2. The molecule has 3 N–H and O–H groups in total. The van der Waals surface area contributed by atoms with E-state index in [0.29, 0.717) is 27.9 Å². The standard InChI is InChI=1S/C21H19N5O4S/c1-29-18-9-5-3-7-14(18)20-24-25-21(26(20)22)31-12-19(28)30-11-17(27)15-10-23-16-8-4-2-6-13(15)16/h2-10,23H,11-12,22H2,1H3. The average Bonchev–Trinajstić information content (AvgIpc) is 3.39. The van der Waals surface area contributed by atoms with Gasteiger partial charge in [0.15, 0.2) is 12.4 Å². The molecule has 0 saturated heterocycles. The van der Waals surface area contributed by atoms with E-state index in [4.69, 9.17) is 15.3 Å². The normalized spacial score (nSPS) is 10.9. The minimum absolute atomic E-state index is 0.0670. The number of carbonyl (C=O) groups excluding carboxylic acids is 2. The Morgan fingerprint density at radius 2 is 1.90 bits per heavy atom. The minimum atomic E-state index is -0.556. The number of fused-ring (bicyclic) bond motifs is 1. The van der Waals surface area contributed by atoms with Crippen LogP contribution < -0.4 is 10.6 Å². The van der Waals surface area contributed by atoms with E-state index < -0.39 is 5.97 Å². The maximum Gasteiger partial charge on any atom is 0.316 e. The quantitative estimate of drug-likeness (QED) is 0.187. The Kier molecular flexibility index (Phi) is 5.89. The highest BCUT2D eigenvalue weighted by molar-refractivity contribution is 7.99. The van der Waals surface area contributed by atoms with Crippen LogP contribution in [-0.4, -0.2) is 51.1 Å². The van der Waals surface area contributed by atoms with E-state index in [1.165, 1.54) is 4.68 Å². The summed E-state index contributed by atoms with van der Waals surface area (Å²) in [4.78, 5) is 27.6. The van der Waals surface area contributed by atoms with Gasteiger partial charge in [0, 0.05) is 22.7 Å². The zero-order valence-electron chi connectivity index (χ0n) is 16.6. The third-order valence-corrected chi connectivity index (χ3v) is 5.50. The van der Waals surface area contributed by atoms with E-state index >= 15 is 0 Å². The molecular weight excluding hydrogens is 418 g/mol. The Morgan fingerprint density at radius 3 is 2.74 bits per heavy atom. The predicted octanol–water partition coefficient (Wildman–Crippen LogP) is 2.67. The summed E-state index contributed by atoms with van der Waals surface area (Å²) in [5.41, 5.74) is 2.01. The van der Waals surface area contributed by atoms with E-state index in [2.05, 4.69) is 15.2 Å². The number of nitrogens with two attached hydrogens (primary N) is 1. The summed E-state index contributed by atoms with van der Waals surface area (Å²) in [6.07, 6.45) is 1.62. The largest absolute Gasteiger partial charge is 0.496 e. The number of benzene rings is 2. The molecule has 2 aromatic carbocycles. The number of carbonyl (C=O) groups is 2. The number of hydrogen-bond acceptors (Lipinski definition) is 8. The fraction of sp³-hybridized carbons (Fsp3) is 0.143. The maximum atomic E-state index is 12.4. The molecule has 0 spiro atoms. The zero-order valence-corrected chi connectivity index (χ0v) is 17.4. The van der Waals surface area contributed by atoms with Crippen molar-refractivity contribution in [3.8, 4) is 17.1 Å². The smallest absolute Gasteiger partial charge is 0.316 e. The number of H-pyrrole nitrogens is 1. The molecule has 0 atom stereocenters. The Balaban J connectivity index is 1.35. The number of esters is 1. The summed E-state index contributed by atoms with van der Waals surface area (Å²) < 4.78 is 11.7. The molecule has 0 unspecified atom stereocenters. The molecule has 0 amide bonds. The topological polar surface area (TPSA) is 125 Å². The first-order valence-corrected chi connectivity index (χ1v) is 10.3. The highest BCUT2D eigenvalue weighted by Gasteiger charge is 2.18. The summed E-state index contributed by atoms with van der Waals surface area (Å²) >= 11 is 1.07. The van der Waals surface area contributed by atoms with Crippen LogP contribution in [0.3, 0.4) is 0 Å². The van der Waals surface area contributed by atoms with Crippen LogP contribution >= 0.6 is 11.8 Å². The maximum absolute atomic E-state index is 12.4. The molecule has 2 heterocycles. The summed E-state index contributed by atoms with van der Waals surface area (Å²) in [6.45, 7) is -0.344. The first kappa shape index (κ1) is 20.5. The first-order valence-electron chi connectivity index (χ1n) is 9.30. The van der Waals surface area contributed by atoms with Gasteiger partial charge < -0.3 is 20.3 Å². The van der Waals surface area contributed by atoms with Crippen molar-refractivity contribution >= 4 is 34.4 Å². The summed E-state index contributed by atoms with van der Waals surface area (Å²) in [5, 5.41) is 9.24. The van der Waals surface area contributed by atoms with Crippen molar-refractivity contribution in [3.05, 3.63) is 60.3 Å². The molecular formula is C21H19N5O4S. The Bertz CT molecular complexity index is 1250. The van der Waals surface area contributed by atoms with Crippen LogP contribution in [0.25, 0.3) is 22.3 Å². The number of ketones is 1. The Labute approximate surface area is 181 Å². The van der Waals surface area contributed by atoms with Gasteiger partial charge in [0.1, 0.15) is 5.75 Å². The SMILES string of the molecule is COc1ccccc1-c1nnc(SCC(=O)OCC(=O)c2c[nH]c3ccccc23)n1N. The lowest BCUT2D eigenvalue weighted by Crippen LogP contribution is -2.16. The fourth-order valence-corrected chi connectivity index (χ4v) is 3.73.